The summed E-state index contributed by atoms with van der Waals surface area (Å²) in [6, 6.07) is 20.6. The molecule has 5 rings (SSSR count). The molecule has 0 radical (unpaired) electrons. The first-order valence-electron chi connectivity index (χ1n) is 11.6. The third-order valence-corrected chi connectivity index (χ3v) is 7.79. The van der Waals surface area contributed by atoms with E-state index in [0.717, 1.165) is 49.2 Å². The molecule has 2 heterocycles. The molecular formula is C28H27N3OS. The number of carbonyl (C=O) groups is 1. The molecule has 0 fully saturated rings. The number of aromatic nitrogens is 1. The zero-order valence-electron chi connectivity index (χ0n) is 19.0. The number of thioether (sulfide) groups is 1. The molecule has 1 aliphatic carbocycles. The lowest BCUT2D eigenvalue weighted by atomic mass is 9.87. The molecule has 3 aromatic rings. The van der Waals surface area contributed by atoms with E-state index in [2.05, 4.69) is 25.1 Å². The van der Waals surface area contributed by atoms with Crippen molar-refractivity contribution in [2.75, 3.05) is 4.90 Å². The summed E-state index contributed by atoms with van der Waals surface area (Å²) in [7, 11) is 0. The van der Waals surface area contributed by atoms with Crippen molar-refractivity contribution in [1.29, 1.82) is 5.26 Å². The summed E-state index contributed by atoms with van der Waals surface area (Å²) in [5.74, 6) is 0.631. The van der Waals surface area contributed by atoms with Crippen LogP contribution >= 0.6 is 11.8 Å². The van der Waals surface area contributed by atoms with E-state index in [1.165, 1.54) is 28.5 Å². The number of anilines is 2. The Morgan fingerprint density at radius 2 is 1.70 bits per heavy atom. The van der Waals surface area contributed by atoms with Crippen molar-refractivity contribution in [3.05, 3.63) is 82.5 Å². The van der Waals surface area contributed by atoms with Gasteiger partial charge in [0, 0.05) is 5.69 Å². The third kappa shape index (κ3) is 4.16. The van der Waals surface area contributed by atoms with Crippen LogP contribution in [-0.4, -0.2) is 16.1 Å². The molecule has 1 aromatic heterocycles. The molecule has 5 heteroatoms. The average Bonchev–Trinajstić information content (AvgIpc) is 3.00. The average molecular weight is 454 g/mol. The second kappa shape index (κ2) is 9.03. The van der Waals surface area contributed by atoms with Gasteiger partial charge in [-0.15, -0.1) is 0 Å². The molecule has 4 nitrogen and oxygen atoms in total. The lowest BCUT2D eigenvalue weighted by Crippen LogP contribution is -2.33. The van der Waals surface area contributed by atoms with Gasteiger partial charge in [-0.05, 0) is 79.8 Å². The Bertz CT molecular complexity index is 1210. The van der Waals surface area contributed by atoms with Crippen LogP contribution in [0.5, 0.6) is 0 Å². The molecule has 2 unspecified atom stereocenters. The number of aryl methyl sites for hydroxylation is 3. The number of pyridine rings is 1. The van der Waals surface area contributed by atoms with Crippen LogP contribution in [0.4, 0.5) is 11.4 Å². The van der Waals surface area contributed by atoms with E-state index in [-0.39, 0.29) is 11.2 Å². The number of fused-ring (bicyclic) bond motifs is 3. The van der Waals surface area contributed by atoms with Gasteiger partial charge in [-0.3, -0.25) is 9.69 Å². The molecule has 0 N–H and O–H groups in total. The van der Waals surface area contributed by atoms with Crippen molar-refractivity contribution in [2.24, 2.45) is 5.92 Å². The quantitative estimate of drug-likeness (QED) is 0.455. The van der Waals surface area contributed by atoms with Crippen LogP contribution in [0.25, 0.3) is 0 Å². The first kappa shape index (κ1) is 21.7. The Morgan fingerprint density at radius 3 is 2.33 bits per heavy atom. The maximum Gasteiger partial charge on any atom is 0.244 e. The molecule has 0 saturated carbocycles. The number of para-hydroxylation sites is 2. The molecule has 0 spiro atoms. The zero-order valence-corrected chi connectivity index (χ0v) is 19.9. The summed E-state index contributed by atoms with van der Waals surface area (Å²) in [5, 5.41) is 10.1. The topological polar surface area (TPSA) is 57.0 Å². The zero-order chi connectivity index (χ0) is 22.9. The van der Waals surface area contributed by atoms with E-state index in [9.17, 15) is 10.1 Å². The fourth-order valence-electron chi connectivity index (χ4n) is 4.91. The van der Waals surface area contributed by atoms with E-state index in [4.69, 9.17) is 4.98 Å². The highest BCUT2D eigenvalue weighted by Gasteiger charge is 2.30. The second-order valence-electron chi connectivity index (χ2n) is 9.10. The molecule has 33 heavy (non-hydrogen) atoms. The van der Waals surface area contributed by atoms with Gasteiger partial charge in [-0.25, -0.2) is 4.98 Å². The lowest BCUT2D eigenvalue weighted by molar-refractivity contribution is -0.117. The van der Waals surface area contributed by atoms with Gasteiger partial charge in [-0.1, -0.05) is 55.1 Å². The number of rotatable bonds is 3. The highest BCUT2D eigenvalue weighted by atomic mass is 32.2. The van der Waals surface area contributed by atoms with Gasteiger partial charge in [0.15, 0.2) is 0 Å². The molecule has 2 atom stereocenters. The third-order valence-electron chi connectivity index (χ3n) is 6.70. The molecule has 0 bridgehead atoms. The first-order chi connectivity index (χ1) is 16.0. The minimum Gasteiger partial charge on any atom is -0.280 e. The summed E-state index contributed by atoms with van der Waals surface area (Å²) < 4.78 is 0. The highest BCUT2D eigenvalue weighted by molar-refractivity contribution is 8.00. The largest absolute Gasteiger partial charge is 0.280 e. The van der Waals surface area contributed by atoms with E-state index in [0.29, 0.717) is 16.5 Å². The number of nitriles is 1. The van der Waals surface area contributed by atoms with Crippen molar-refractivity contribution < 1.29 is 4.79 Å². The van der Waals surface area contributed by atoms with Crippen LogP contribution in [0.15, 0.2) is 59.6 Å². The molecule has 166 valence electrons. The smallest absolute Gasteiger partial charge is 0.244 e. The fraction of sp³-hybridized carbons (Fsp3) is 0.321. The molecular weight excluding hydrogens is 426 g/mol. The molecule has 1 aliphatic heterocycles. The predicted molar refractivity (Wildman–Crippen MR) is 133 cm³/mol. The second-order valence-corrected chi connectivity index (χ2v) is 10.4. The molecule has 1 amide bonds. The highest BCUT2D eigenvalue weighted by Crippen LogP contribution is 2.39. The SMILES string of the molecule is CC1CCc2nc(SC(C)C(=O)N3c4ccccc4CCc4ccccc43)c(C#N)cc2C1. The normalized spacial score (nSPS) is 17.7. The number of hydrogen-bond donors (Lipinski definition) is 0. The molecule has 2 aliphatic rings. The Balaban J connectivity index is 1.49. The Morgan fingerprint density at radius 1 is 1.06 bits per heavy atom. The van der Waals surface area contributed by atoms with Crippen molar-refractivity contribution in [1.82, 2.24) is 4.98 Å². The van der Waals surface area contributed by atoms with Crippen molar-refractivity contribution >= 4 is 29.0 Å². The number of amides is 1. The minimum absolute atomic E-state index is 0.0128. The van der Waals surface area contributed by atoms with Crippen molar-refractivity contribution in [2.45, 2.75) is 56.2 Å². The van der Waals surface area contributed by atoms with E-state index in [1.807, 2.05) is 54.3 Å². The van der Waals surface area contributed by atoms with Gasteiger partial charge in [-0.2, -0.15) is 5.26 Å². The maximum atomic E-state index is 13.9. The summed E-state index contributed by atoms with van der Waals surface area (Å²) >= 11 is 1.40. The van der Waals surface area contributed by atoms with Crippen LogP contribution in [0.3, 0.4) is 0 Å². The van der Waals surface area contributed by atoms with Crippen LogP contribution < -0.4 is 4.90 Å². The van der Waals surface area contributed by atoms with E-state index < -0.39 is 0 Å². The summed E-state index contributed by atoms with van der Waals surface area (Å²) in [4.78, 5) is 20.6. The van der Waals surface area contributed by atoms with Gasteiger partial charge in [0.05, 0.1) is 22.2 Å². The minimum atomic E-state index is -0.385. The Kier molecular flexibility index (Phi) is 5.95. The lowest BCUT2D eigenvalue weighted by Gasteiger charge is -2.28. The van der Waals surface area contributed by atoms with Gasteiger partial charge < -0.3 is 0 Å². The summed E-state index contributed by atoms with van der Waals surface area (Å²) in [6.07, 6.45) is 4.83. The number of carbonyl (C=O) groups excluding carboxylic acids is 1. The van der Waals surface area contributed by atoms with Crippen LogP contribution in [0.2, 0.25) is 0 Å². The van der Waals surface area contributed by atoms with Crippen LogP contribution in [0.1, 0.15) is 48.2 Å². The van der Waals surface area contributed by atoms with Gasteiger partial charge in [0.2, 0.25) is 5.91 Å². The standard InChI is InChI=1S/C28H27N3OS/c1-18-11-14-24-22(15-18)16-23(17-29)27(30-24)33-19(2)28(32)31-25-9-5-3-7-20(25)12-13-21-8-4-6-10-26(21)31/h3-10,16,18-19H,11-15H2,1-2H3. The number of benzene rings is 2. The summed E-state index contributed by atoms with van der Waals surface area (Å²) in [6.45, 7) is 4.17. The maximum absolute atomic E-state index is 13.9. The summed E-state index contributed by atoms with van der Waals surface area (Å²) in [5.41, 5.74) is 7.10. The van der Waals surface area contributed by atoms with Gasteiger partial charge >= 0.3 is 0 Å². The van der Waals surface area contributed by atoms with E-state index in [1.54, 1.807) is 0 Å². The first-order valence-corrected chi connectivity index (χ1v) is 12.5. The van der Waals surface area contributed by atoms with Gasteiger partial charge in [0.25, 0.3) is 0 Å². The molecule has 0 saturated heterocycles. The monoisotopic (exact) mass is 453 g/mol. The van der Waals surface area contributed by atoms with Crippen molar-refractivity contribution in [3.8, 4) is 6.07 Å². The predicted octanol–water partition coefficient (Wildman–Crippen LogP) is 6.02. The number of hydrogen-bond acceptors (Lipinski definition) is 4. The fourth-order valence-corrected chi connectivity index (χ4v) is 5.85. The Hall–Kier alpha value is -3.10. The molecule has 2 aromatic carbocycles. The van der Waals surface area contributed by atoms with Gasteiger partial charge in [0.1, 0.15) is 11.1 Å². The van der Waals surface area contributed by atoms with Crippen LogP contribution in [-0.2, 0) is 30.5 Å². The van der Waals surface area contributed by atoms with E-state index >= 15 is 0 Å². The van der Waals surface area contributed by atoms with Crippen molar-refractivity contribution in [3.63, 3.8) is 0 Å². The number of nitrogens with zero attached hydrogens (tertiary/aromatic N) is 3. The van der Waals surface area contributed by atoms with Crippen LogP contribution in [0, 0.1) is 17.2 Å². The Labute approximate surface area is 199 Å².